The van der Waals surface area contributed by atoms with E-state index in [-0.39, 0.29) is 17.9 Å². The second kappa shape index (κ2) is 11.0. The predicted molar refractivity (Wildman–Crippen MR) is 142 cm³/mol. The maximum atomic E-state index is 13.1. The van der Waals surface area contributed by atoms with Crippen molar-refractivity contribution in [2.75, 3.05) is 38.0 Å². The molecular formula is C27H30ClFN6O2. The molecule has 3 aromatic rings. The van der Waals surface area contributed by atoms with E-state index in [9.17, 15) is 14.0 Å². The molecule has 1 N–H and O–H groups in total. The summed E-state index contributed by atoms with van der Waals surface area (Å²) in [5.74, 6) is 0.0396. The van der Waals surface area contributed by atoms with E-state index in [0.29, 0.717) is 54.8 Å². The van der Waals surface area contributed by atoms with E-state index in [2.05, 4.69) is 10.3 Å². The van der Waals surface area contributed by atoms with Gasteiger partial charge in [-0.15, -0.1) is 0 Å². The normalized spacial score (nSPS) is 19.2. The molecule has 2 aliphatic heterocycles. The first kappa shape index (κ1) is 25.4. The number of hydrogen-bond donors (Lipinski definition) is 1. The number of alkyl halides is 1. The minimum Gasteiger partial charge on any atom is -0.337 e. The fourth-order valence-corrected chi connectivity index (χ4v) is 5.27. The lowest BCUT2D eigenvalue weighted by Crippen LogP contribution is -2.48. The lowest BCUT2D eigenvalue weighted by Gasteiger charge is -2.33. The lowest BCUT2D eigenvalue weighted by atomic mass is 10.1. The van der Waals surface area contributed by atoms with Gasteiger partial charge in [0.2, 0.25) is 11.9 Å². The molecule has 0 bridgehead atoms. The van der Waals surface area contributed by atoms with Gasteiger partial charge in [0.25, 0.3) is 5.91 Å². The molecule has 2 aliphatic rings. The molecule has 5 rings (SSSR count). The first-order chi connectivity index (χ1) is 17.9. The van der Waals surface area contributed by atoms with Crippen molar-refractivity contribution in [3.05, 3.63) is 65.0 Å². The van der Waals surface area contributed by atoms with E-state index in [1.807, 2.05) is 33.4 Å². The Kier molecular flexibility index (Phi) is 7.53. The minimum absolute atomic E-state index is 0.0717. The maximum Gasteiger partial charge on any atom is 0.258 e. The van der Waals surface area contributed by atoms with Gasteiger partial charge < -0.3 is 9.47 Å². The molecule has 37 heavy (non-hydrogen) atoms. The van der Waals surface area contributed by atoms with Gasteiger partial charge in [0, 0.05) is 56.3 Å². The van der Waals surface area contributed by atoms with Crippen molar-refractivity contribution >= 4 is 40.4 Å². The molecule has 2 amide bonds. The third-order valence-corrected chi connectivity index (χ3v) is 7.21. The molecule has 0 spiro atoms. The molecule has 2 aromatic heterocycles. The molecular weight excluding hydrogens is 495 g/mol. The van der Waals surface area contributed by atoms with Crippen LogP contribution < -0.4 is 5.32 Å². The molecule has 1 aromatic carbocycles. The number of nitrogens with zero attached hydrogens (tertiary/aromatic N) is 5. The zero-order valence-corrected chi connectivity index (χ0v) is 21.5. The third-order valence-electron chi connectivity index (χ3n) is 6.91. The number of hydrogen-bond acceptors (Lipinski definition) is 5. The van der Waals surface area contributed by atoms with E-state index >= 15 is 0 Å². The molecule has 10 heteroatoms. The van der Waals surface area contributed by atoms with Crippen molar-refractivity contribution in [3.63, 3.8) is 0 Å². The molecule has 2 fully saturated rings. The summed E-state index contributed by atoms with van der Waals surface area (Å²) in [6.45, 7) is 4.36. The van der Waals surface area contributed by atoms with E-state index in [0.717, 1.165) is 30.5 Å². The van der Waals surface area contributed by atoms with Crippen LogP contribution in [0, 0.1) is 6.92 Å². The van der Waals surface area contributed by atoms with Crippen LogP contribution in [-0.4, -0.2) is 75.0 Å². The van der Waals surface area contributed by atoms with E-state index in [1.165, 1.54) is 0 Å². The molecule has 2 saturated heterocycles. The Morgan fingerprint density at radius 3 is 2.84 bits per heavy atom. The average molecular weight is 525 g/mol. The highest BCUT2D eigenvalue weighted by Gasteiger charge is 2.28. The summed E-state index contributed by atoms with van der Waals surface area (Å²) in [5, 5.41) is 3.50. The van der Waals surface area contributed by atoms with Gasteiger partial charge >= 0.3 is 0 Å². The smallest absolute Gasteiger partial charge is 0.258 e. The Morgan fingerprint density at radius 1 is 1.22 bits per heavy atom. The summed E-state index contributed by atoms with van der Waals surface area (Å²) >= 11 is 6.63. The van der Waals surface area contributed by atoms with Gasteiger partial charge in [-0.1, -0.05) is 23.7 Å². The Labute approximate surface area is 220 Å². The first-order valence-corrected chi connectivity index (χ1v) is 13.0. The summed E-state index contributed by atoms with van der Waals surface area (Å²) in [7, 11) is 0. The Balaban J connectivity index is 1.41. The number of aromatic nitrogens is 3. The lowest BCUT2D eigenvalue weighted by molar-refractivity contribution is -0.126. The number of imidazole rings is 1. The van der Waals surface area contributed by atoms with Gasteiger partial charge in [-0.25, -0.2) is 9.37 Å². The van der Waals surface area contributed by atoms with Crippen molar-refractivity contribution in [1.29, 1.82) is 0 Å². The fourth-order valence-electron chi connectivity index (χ4n) is 5.01. The zero-order chi connectivity index (χ0) is 25.9. The van der Waals surface area contributed by atoms with Crippen LogP contribution in [0.2, 0.25) is 5.02 Å². The Bertz CT molecular complexity index is 1340. The van der Waals surface area contributed by atoms with Crippen LogP contribution in [0.3, 0.4) is 0 Å². The van der Waals surface area contributed by atoms with E-state index in [4.69, 9.17) is 16.6 Å². The van der Waals surface area contributed by atoms with Crippen LogP contribution >= 0.6 is 11.6 Å². The number of nitrogens with one attached hydrogen (secondary N) is 1. The molecule has 0 saturated carbocycles. The molecule has 194 valence electrons. The summed E-state index contributed by atoms with van der Waals surface area (Å²) in [5.41, 5.74) is 2.64. The molecule has 4 heterocycles. The number of carbonyl (C=O) groups excluding carboxylic acids is 2. The van der Waals surface area contributed by atoms with Crippen LogP contribution in [0.15, 0.2) is 48.7 Å². The van der Waals surface area contributed by atoms with Crippen molar-refractivity contribution in [1.82, 2.24) is 24.3 Å². The van der Waals surface area contributed by atoms with Crippen molar-refractivity contribution < 1.29 is 14.0 Å². The average Bonchev–Trinajstić information content (AvgIpc) is 3.04. The number of para-hydroxylation sites is 1. The summed E-state index contributed by atoms with van der Waals surface area (Å²) in [6, 6.07) is 8.76. The molecule has 0 radical (unpaired) electrons. The van der Waals surface area contributed by atoms with Gasteiger partial charge in [-0.3, -0.25) is 24.8 Å². The molecule has 1 unspecified atom stereocenters. The van der Waals surface area contributed by atoms with Crippen LogP contribution in [0.1, 0.15) is 41.4 Å². The van der Waals surface area contributed by atoms with Crippen LogP contribution in [-0.2, 0) is 4.79 Å². The standard InChI is InChI=1S/C27H30ClFN6O2/c1-18-14-19(10-11-30-18)26(37)32-27-31-23-8-4-7-22(28)25(23)35(27)21-6-2-3-13-34(17-21)24(36)9-5-12-33-15-20(29)16-33/h4-5,7-11,14,20-21H,2-3,6,12-13,15-17H2,1H3,(H,31,32,37). The second-order valence-electron chi connectivity index (χ2n) is 9.71. The monoisotopic (exact) mass is 524 g/mol. The molecule has 8 nitrogen and oxygen atoms in total. The van der Waals surface area contributed by atoms with E-state index < -0.39 is 6.17 Å². The van der Waals surface area contributed by atoms with Crippen molar-refractivity contribution in [2.45, 2.75) is 38.4 Å². The van der Waals surface area contributed by atoms with Crippen molar-refractivity contribution in [2.24, 2.45) is 0 Å². The van der Waals surface area contributed by atoms with Gasteiger partial charge in [0.15, 0.2) is 0 Å². The fraction of sp³-hybridized carbons (Fsp3) is 0.407. The number of aryl methyl sites for hydroxylation is 1. The molecule has 1 atom stereocenters. The Hall–Kier alpha value is -3.30. The van der Waals surface area contributed by atoms with Gasteiger partial charge in [-0.2, -0.15) is 0 Å². The summed E-state index contributed by atoms with van der Waals surface area (Å²) < 4.78 is 15.0. The quantitative estimate of drug-likeness (QED) is 0.483. The number of pyridine rings is 1. The van der Waals surface area contributed by atoms with Crippen LogP contribution in [0.4, 0.5) is 10.3 Å². The highest BCUT2D eigenvalue weighted by atomic mass is 35.5. The second-order valence-corrected chi connectivity index (χ2v) is 10.1. The summed E-state index contributed by atoms with van der Waals surface area (Å²) in [6.07, 6.45) is 6.85. The number of anilines is 1. The number of rotatable bonds is 6. The van der Waals surface area contributed by atoms with E-state index in [1.54, 1.807) is 36.5 Å². The zero-order valence-electron chi connectivity index (χ0n) is 20.7. The number of likely N-dealkylation sites (tertiary alicyclic amines) is 2. The number of fused-ring (bicyclic) bond motifs is 1. The third kappa shape index (κ3) is 5.67. The topological polar surface area (TPSA) is 83.4 Å². The maximum absolute atomic E-state index is 13.1. The van der Waals surface area contributed by atoms with Crippen LogP contribution in [0.25, 0.3) is 11.0 Å². The largest absolute Gasteiger partial charge is 0.337 e. The number of amides is 2. The molecule has 0 aliphatic carbocycles. The van der Waals surface area contributed by atoms with Gasteiger partial charge in [0.1, 0.15) is 6.17 Å². The highest BCUT2D eigenvalue weighted by Crippen LogP contribution is 2.34. The first-order valence-electron chi connectivity index (χ1n) is 12.6. The van der Waals surface area contributed by atoms with Crippen LogP contribution in [0.5, 0.6) is 0 Å². The number of carbonyl (C=O) groups is 2. The Morgan fingerprint density at radius 2 is 2.05 bits per heavy atom. The number of benzene rings is 1. The van der Waals surface area contributed by atoms with Gasteiger partial charge in [0.05, 0.1) is 22.1 Å². The SMILES string of the molecule is Cc1cc(C(=O)Nc2nc3cccc(Cl)c3n2C2CCCCN(C(=O)C=CCN3CC(F)C3)C2)ccn1. The number of halogens is 2. The minimum atomic E-state index is -0.760. The van der Waals surface area contributed by atoms with Crippen molar-refractivity contribution in [3.8, 4) is 0 Å². The van der Waals surface area contributed by atoms with Gasteiger partial charge in [-0.05, 0) is 50.5 Å². The predicted octanol–water partition coefficient (Wildman–Crippen LogP) is 4.41. The summed E-state index contributed by atoms with van der Waals surface area (Å²) in [4.78, 5) is 38.8. The highest BCUT2D eigenvalue weighted by molar-refractivity contribution is 6.35.